The summed E-state index contributed by atoms with van der Waals surface area (Å²) >= 11 is 0. The Balaban J connectivity index is 1.53. The van der Waals surface area contributed by atoms with Crippen LogP contribution in [0.4, 0.5) is 0 Å². The van der Waals surface area contributed by atoms with Crippen molar-refractivity contribution in [3.63, 3.8) is 0 Å². The fourth-order valence-electron chi connectivity index (χ4n) is 2.93. The van der Waals surface area contributed by atoms with Gasteiger partial charge in [0.15, 0.2) is 0 Å². The zero-order chi connectivity index (χ0) is 23.1. The standard InChI is InChI=1S/C24H22N4O4/c1-15-7-3-5-9-19(15)23(31)27-25-21(29)17-11-13-18(14-12-17)22(30)26-28-24(32)20-10-6-4-8-16(20)2/h3-14H,1-2H3,(H,25,29)(H,26,30)(H,27,31)(H,28,32). The van der Waals surface area contributed by atoms with E-state index >= 15 is 0 Å². The maximum Gasteiger partial charge on any atom is 0.269 e. The Labute approximate surface area is 185 Å². The summed E-state index contributed by atoms with van der Waals surface area (Å²) in [4.78, 5) is 48.9. The molecule has 0 bridgehead atoms. The third kappa shape index (κ3) is 5.37. The van der Waals surface area contributed by atoms with E-state index in [1.165, 1.54) is 24.3 Å². The molecule has 3 aromatic carbocycles. The molecular formula is C24H22N4O4. The quantitative estimate of drug-likeness (QED) is 0.476. The average Bonchev–Trinajstić information content (AvgIpc) is 2.81. The van der Waals surface area contributed by atoms with Crippen molar-refractivity contribution in [2.45, 2.75) is 13.8 Å². The summed E-state index contributed by atoms with van der Waals surface area (Å²) < 4.78 is 0. The van der Waals surface area contributed by atoms with Gasteiger partial charge in [-0.05, 0) is 61.4 Å². The lowest BCUT2D eigenvalue weighted by Crippen LogP contribution is -2.42. The molecule has 0 atom stereocenters. The average molecular weight is 430 g/mol. The molecule has 0 aromatic heterocycles. The first-order valence-electron chi connectivity index (χ1n) is 9.79. The van der Waals surface area contributed by atoms with Crippen molar-refractivity contribution in [1.82, 2.24) is 21.7 Å². The fourth-order valence-corrected chi connectivity index (χ4v) is 2.93. The maximum atomic E-state index is 12.3. The van der Waals surface area contributed by atoms with Crippen molar-refractivity contribution in [2.75, 3.05) is 0 Å². The number of aryl methyl sites for hydroxylation is 2. The summed E-state index contributed by atoms with van der Waals surface area (Å²) in [6.45, 7) is 3.59. The number of benzene rings is 3. The van der Waals surface area contributed by atoms with Gasteiger partial charge in [0, 0.05) is 22.3 Å². The summed E-state index contributed by atoms with van der Waals surface area (Å²) in [5.41, 5.74) is 12.4. The summed E-state index contributed by atoms with van der Waals surface area (Å²) in [7, 11) is 0. The third-order valence-corrected chi connectivity index (χ3v) is 4.77. The van der Waals surface area contributed by atoms with E-state index in [-0.39, 0.29) is 11.1 Å². The Morgan fingerprint density at radius 3 is 1.12 bits per heavy atom. The Morgan fingerprint density at radius 1 is 0.469 bits per heavy atom. The van der Waals surface area contributed by atoms with Gasteiger partial charge in [-0.3, -0.25) is 40.9 Å². The number of nitrogens with one attached hydrogen (secondary N) is 4. The van der Waals surface area contributed by atoms with Gasteiger partial charge >= 0.3 is 0 Å². The minimum atomic E-state index is -0.535. The molecule has 4 amide bonds. The molecule has 4 N–H and O–H groups in total. The molecule has 0 aliphatic rings. The minimum Gasteiger partial charge on any atom is -0.267 e. The van der Waals surface area contributed by atoms with Crippen molar-refractivity contribution in [3.8, 4) is 0 Å². The third-order valence-electron chi connectivity index (χ3n) is 4.77. The molecule has 8 heteroatoms. The van der Waals surface area contributed by atoms with E-state index in [4.69, 9.17) is 0 Å². The molecule has 0 aliphatic heterocycles. The van der Waals surface area contributed by atoms with E-state index < -0.39 is 23.6 Å². The van der Waals surface area contributed by atoms with Crippen LogP contribution in [0, 0.1) is 13.8 Å². The zero-order valence-electron chi connectivity index (χ0n) is 17.6. The van der Waals surface area contributed by atoms with Crippen molar-refractivity contribution in [3.05, 3.63) is 106 Å². The van der Waals surface area contributed by atoms with Gasteiger partial charge in [-0.2, -0.15) is 0 Å². The molecule has 0 fully saturated rings. The second-order valence-electron chi connectivity index (χ2n) is 7.02. The van der Waals surface area contributed by atoms with E-state index in [0.717, 1.165) is 11.1 Å². The Morgan fingerprint density at radius 2 is 0.781 bits per heavy atom. The lowest BCUT2D eigenvalue weighted by molar-refractivity contribution is 0.0844. The van der Waals surface area contributed by atoms with E-state index in [2.05, 4.69) is 21.7 Å². The van der Waals surface area contributed by atoms with Gasteiger partial charge in [0.1, 0.15) is 0 Å². The first-order valence-corrected chi connectivity index (χ1v) is 9.79. The van der Waals surface area contributed by atoms with Crippen LogP contribution in [0.25, 0.3) is 0 Å². The Hall–Kier alpha value is -4.46. The molecule has 162 valence electrons. The molecule has 32 heavy (non-hydrogen) atoms. The van der Waals surface area contributed by atoms with E-state index in [0.29, 0.717) is 11.1 Å². The Kier molecular flexibility index (Phi) is 6.97. The number of carbonyl (C=O) groups excluding carboxylic acids is 4. The molecule has 0 saturated heterocycles. The first-order chi connectivity index (χ1) is 15.4. The summed E-state index contributed by atoms with van der Waals surface area (Å²) in [5, 5.41) is 0. The van der Waals surface area contributed by atoms with Crippen molar-refractivity contribution in [1.29, 1.82) is 0 Å². The van der Waals surface area contributed by atoms with Gasteiger partial charge in [0.25, 0.3) is 23.6 Å². The van der Waals surface area contributed by atoms with Gasteiger partial charge in [-0.15, -0.1) is 0 Å². The molecule has 0 heterocycles. The fraction of sp³-hybridized carbons (Fsp3) is 0.0833. The van der Waals surface area contributed by atoms with Crippen molar-refractivity contribution >= 4 is 23.6 Å². The number of hydrogen-bond donors (Lipinski definition) is 4. The van der Waals surface area contributed by atoms with Crippen LogP contribution in [-0.2, 0) is 0 Å². The SMILES string of the molecule is Cc1ccccc1C(=O)NNC(=O)c1ccc(C(=O)NNC(=O)c2ccccc2C)cc1. The van der Waals surface area contributed by atoms with Gasteiger partial charge in [0.05, 0.1) is 0 Å². The van der Waals surface area contributed by atoms with Crippen LogP contribution in [0.3, 0.4) is 0 Å². The van der Waals surface area contributed by atoms with Crippen LogP contribution in [0.5, 0.6) is 0 Å². The highest BCUT2D eigenvalue weighted by Crippen LogP contribution is 2.08. The number of carbonyl (C=O) groups is 4. The molecule has 0 spiro atoms. The second kappa shape index (κ2) is 10.0. The molecule has 8 nitrogen and oxygen atoms in total. The summed E-state index contributed by atoms with van der Waals surface area (Å²) in [6, 6.07) is 19.8. The van der Waals surface area contributed by atoms with Crippen LogP contribution in [0.2, 0.25) is 0 Å². The van der Waals surface area contributed by atoms with Crippen molar-refractivity contribution < 1.29 is 19.2 Å². The van der Waals surface area contributed by atoms with Crippen LogP contribution in [-0.4, -0.2) is 23.6 Å². The maximum absolute atomic E-state index is 12.3. The highest BCUT2D eigenvalue weighted by molar-refractivity contribution is 6.02. The largest absolute Gasteiger partial charge is 0.269 e. The van der Waals surface area contributed by atoms with Gasteiger partial charge in [-0.25, -0.2) is 0 Å². The number of hydrogen-bond acceptors (Lipinski definition) is 4. The predicted molar refractivity (Wildman–Crippen MR) is 119 cm³/mol. The molecule has 0 aliphatic carbocycles. The normalized spacial score (nSPS) is 10.1. The number of amides is 4. The van der Waals surface area contributed by atoms with Crippen LogP contribution < -0.4 is 21.7 Å². The number of rotatable bonds is 4. The van der Waals surface area contributed by atoms with Crippen LogP contribution in [0.15, 0.2) is 72.8 Å². The van der Waals surface area contributed by atoms with Crippen LogP contribution >= 0.6 is 0 Å². The molecular weight excluding hydrogens is 408 g/mol. The van der Waals surface area contributed by atoms with Crippen molar-refractivity contribution in [2.24, 2.45) is 0 Å². The first kappa shape index (κ1) is 22.2. The molecule has 0 saturated carbocycles. The van der Waals surface area contributed by atoms with Crippen LogP contribution in [0.1, 0.15) is 52.6 Å². The van der Waals surface area contributed by atoms with E-state index in [9.17, 15) is 19.2 Å². The van der Waals surface area contributed by atoms with Gasteiger partial charge < -0.3 is 0 Å². The Bertz CT molecular complexity index is 1080. The van der Waals surface area contributed by atoms with E-state index in [1.807, 2.05) is 12.1 Å². The number of hydrazine groups is 2. The lowest BCUT2D eigenvalue weighted by Gasteiger charge is -2.10. The van der Waals surface area contributed by atoms with Gasteiger partial charge in [0.2, 0.25) is 0 Å². The second-order valence-corrected chi connectivity index (χ2v) is 7.02. The lowest BCUT2D eigenvalue weighted by atomic mass is 10.1. The molecule has 3 aromatic rings. The summed E-state index contributed by atoms with van der Waals surface area (Å²) in [6.07, 6.45) is 0. The topological polar surface area (TPSA) is 116 Å². The predicted octanol–water partition coefficient (Wildman–Crippen LogP) is 2.45. The highest BCUT2D eigenvalue weighted by atomic mass is 16.2. The minimum absolute atomic E-state index is 0.246. The highest BCUT2D eigenvalue weighted by Gasteiger charge is 2.13. The van der Waals surface area contributed by atoms with E-state index in [1.54, 1.807) is 50.2 Å². The smallest absolute Gasteiger partial charge is 0.267 e. The summed E-state index contributed by atoms with van der Waals surface area (Å²) in [5.74, 6) is -1.94. The van der Waals surface area contributed by atoms with Gasteiger partial charge in [-0.1, -0.05) is 36.4 Å². The molecule has 0 radical (unpaired) electrons. The molecule has 3 rings (SSSR count). The molecule has 0 unspecified atom stereocenters. The zero-order valence-corrected chi connectivity index (χ0v) is 17.6. The monoisotopic (exact) mass is 430 g/mol.